The predicted molar refractivity (Wildman–Crippen MR) is 74.3 cm³/mol. The Balaban J connectivity index is 2.17. The van der Waals surface area contributed by atoms with Gasteiger partial charge in [-0.2, -0.15) is 0 Å². The minimum absolute atomic E-state index is 0.0450. The number of hydrogen-bond acceptors (Lipinski definition) is 3. The summed E-state index contributed by atoms with van der Waals surface area (Å²) < 4.78 is 0. The maximum atomic E-state index is 10.8. The normalized spacial score (nSPS) is 12.0. The SMILES string of the molecule is NC(=O)CCNC(c1ccccc1)c1ccncc1. The van der Waals surface area contributed by atoms with E-state index in [4.69, 9.17) is 5.73 Å². The predicted octanol–water partition coefficient (Wildman–Crippen LogP) is 1.64. The lowest BCUT2D eigenvalue weighted by atomic mass is 9.99. The molecule has 4 heteroatoms. The number of hydrogen-bond donors (Lipinski definition) is 2. The molecule has 98 valence electrons. The van der Waals surface area contributed by atoms with Crippen LogP contribution in [0.4, 0.5) is 0 Å². The van der Waals surface area contributed by atoms with Crippen LogP contribution in [-0.2, 0) is 4.79 Å². The van der Waals surface area contributed by atoms with E-state index in [1.54, 1.807) is 12.4 Å². The Morgan fingerprint density at radius 2 is 1.74 bits per heavy atom. The van der Waals surface area contributed by atoms with E-state index < -0.39 is 0 Å². The van der Waals surface area contributed by atoms with Crippen molar-refractivity contribution in [2.24, 2.45) is 5.73 Å². The minimum atomic E-state index is -0.297. The van der Waals surface area contributed by atoms with Gasteiger partial charge in [0.25, 0.3) is 0 Å². The maximum absolute atomic E-state index is 10.8. The van der Waals surface area contributed by atoms with Crippen molar-refractivity contribution in [3.63, 3.8) is 0 Å². The standard InChI is InChI=1S/C15H17N3O/c16-14(19)8-11-18-15(12-4-2-1-3-5-12)13-6-9-17-10-7-13/h1-7,9-10,15,18H,8,11H2,(H2,16,19). The largest absolute Gasteiger partial charge is 0.370 e. The molecule has 1 amide bonds. The van der Waals surface area contributed by atoms with Crippen molar-refractivity contribution in [3.8, 4) is 0 Å². The first-order valence-corrected chi connectivity index (χ1v) is 6.24. The molecule has 0 spiro atoms. The summed E-state index contributed by atoms with van der Waals surface area (Å²) in [5, 5.41) is 3.36. The lowest BCUT2D eigenvalue weighted by Crippen LogP contribution is -2.27. The first-order valence-electron chi connectivity index (χ1n) is 6.24. The fraction of sp³-hybridized carbons (Fsp3) is 0.200. The average Bonchev–Trinajstić information content (AvgIpc) is 2.45. The van der Waals surface area contributed by atoms with Gasteiger partial charge in [0.1, 0.15) is 0 Å². The maximum Gasteiger partial charge on any atom is 0.218 e. The second-order valence-electron chi connectivity index (χ2n) is 4.29. The molecule has 0 fully saturated rings. The van der Waals surface area contributed by atoms with E-state index in [0.29, 0.717) is 13.0 Å². The van der Waals surface area contributed by atoms with Gasteiger partial charge in [-0.25, -0.2) is 0 Å². The number of nitrogens with one attached hydrogen (secondary N) is 1. The van der Waals surface area contributed by atoms with Gasteiger partial charge >= 0.3 is 0 Å². The Kier molecular flexibility index (Phi) is 4.64. The summed E-state index contributed by atoms with van der Waals surface area (Å²) in [5.74, 6) is -0.297. The molecular formula is C15H17N3O. The molecule has 1 aromatic heterocycles. The van der Waals surface area contributed by atoms with Crippen LogP contribution in [0.3, 0.4) is 0 Å². The number of nitrogens with two attached hydrogens (primary N) is 1. The van der Waals surface area contributed by atoms with Crippen LogP contribution in [0.25, 0.3) is 0 Å². The number of rotatable bonds is 6. The van der Waals surface area contributed by atoms with Crippen molar-refractivity contribution < 1.29 is 4.79 Å². The Hall–Kier alpha value is -2.20. The number of pyridine rings is 1. The summed E-state index contributed by atoms with van der Waals surface area (Å²) >= 11 is 0. The average molecular weight is 255 g/mol. The highest BCUT2D eigenvalue weighted by molar-refractivity contribution is 5.73. The molecule has 19 heavy (non-hydrogen) atoms. The van der Waals surface area contributed by atoms with E-state index in [0.717, 1.165) is 11.1 Å². The van der Waals surface area contributed by atoms with Crippen molar-refractivity contribution in [2.75, 3.05) is 6.54 Å². The molecule has 4 nitrogen and oxygen atoms in total. The highest BCUT2D eigenvalue weighted by atomic mass is 16.1. The van der Waals surface area contributed by atoms with E-state index in [-0.39, 0.29) is 11.9 Å². The molecule has 0 aliphatic rings. The monoisotopic (exact) mass is 255 g/mol. The number of benzene rings is 1. The highest BCUT2D eigenvalue weighted by Gasteiger charge is 2.12. The van der Waals surface area contributed by atoms with E-state index in [9.17, 15) is 4.79 Å². The molecule has 0 aliphatic carbocycles. The fourth-order valence-corrected chi connectivity index (χ4v) is 1.97. The lowest BCUT2D eigenvalue weighted by Gasteiger charge is -2.19. The van der Waals surface area contributed by atoms with Crippen LogP contribution >= 0.6 is 0 Å². The van der Waals surface area contributed by atoms with E-state index in [1.165, 1.54) is 0 Å². The quantitative estimate of drug-likeness (QED) is 0.824. The summed E-state index contributed by atoms with van der Waals surface area (Å²) in [5.41, 5.74) is 7.43. The summed E-state index contributed by atoms with van der Waals surface area (Å²) in [7, 11) is 0. The van der Waals surface area contributed by atoms with Crippen LogP contribution in [0.2, 0.25) is 0 Å². The van der Waals surface area contributed by atoms with Crippen LogP contribution in [0.1, 0.15) is 23.6 Å². The number of nitrogens with zero attached hydrogens (tertiary/aromatic N) is 1. The van der Waals surface area contributed by atoms with Gasteiger partial charge < -0.3 is 11.1 Å². The van der Waals surface area contributed by atoms with Gasteiger partial charge in [-0.1, -0.05) is 30.3 Å². The minimum Gasteiger partial charge on any atom is -0.370 e. The lowest BCUT2D eigenvalue weighted by molar-refractivity contribution is -0.117. The van der Waals surface area contributed by atoms with Crippen LogP contribution < -0.4 is 11.1 Å². The molecular weight excluding hydrogens is 238 g/mol. The van der Waals surface area contributed by atoms with Gasteiger partial charge in [0, 0.05) is 25.4 Å². The van der Waals surface area contributed by atoms with Gasteiger partial charge in [-0.15, -0.1) is 0 Å². The van der Waals surface area contributed by atoms with Gasteiger partial charge in [0.05, 0.1) is 6.04 Å². The third-order valence-electron chi connectivity index (χ3n) is 2.89. The van der Waals surface area contributed by atoms with Crippen molar-refractivity contribution >= 4 is 5.91 Å². The Bertz CT molecular complexity index is 474. The Morgan fingerprint density at radius 1 is 1.11 bits per heavy atom. The number of amides is 1. The zero-order valence-corrected chi connectivity index (χ0v) is 10.6. The third-order valence-corrected chi connectivity index (χ3v) is 2.89. The molecule has 0 saturated heterocycles. The zero-order valence-electron chi connectivity index (χ0n) is 10.6. The van der Waals surface area contributed by atoms with Crippen LogP contribution in [0, 0.1) is 0 Å². The third kappa shape index (κ3) is 3.89. The first kappa shape index (κ1) is 13.2. The highest BCUT2D eigenvalue weighted by Crippen LogP contribution is 2.20. The number of aromatic nitrogens is 1. The van der Waals surface area contributed by atoms with Crippen molar-refractivity contribution in [2.45, 2.75) is 12.5 Å². The molecule has 1 aromatic carbocycles. The summed E-state index contributed by atoms with van der Waals surface area (Å²) in [6.45, 7) is 0.553. The Labute approximate surface area is 112 Å². The van der Waals surface area contributed by atoms with Crippen molar-refractivity contribution in [3.05, 3.63) is 66.0 Å². The Morgan fingerprint density at radius 3 is 2.37 bits per heavy atom. The van der Waals surface area contributed by atoms with Gasteiger partial charge in [-0.3, -0.25) is 9.78 Å². The summed E-state index contributed by atoms with van der Waals surface area (Å²) in [4.78, 5) is 14.9. The molecule has 2 rings (SSSR count). The number of primary amides is 1. The molecule has 0 bridgehead atoms. The fourth-order valence-electron chi connectivity index (χ4n) is 1.97. The molecule has 1 atom stereocenters. The summed E-state index contributed by atoms with van der Waals surface area (Å²) in [6.07, 6.45) is 3.86. The van der Waals surface area contributed by atoms with Crippen LogP contribution in [0.15, 0.2) is 54.9 Å². The summed E-state index contributed by atoms with van der Waals surface area (Å²) in [6, 6.07) is 14.1. The smallest absolute Gasteiger partial charge is 0.218 e. The second kappa shape index (κ2) is 6.66. The van der Waals surface area contributed by atoms with Crippen molar-refractivity contribution in [1.82, 2.24) is 10.3 Å². The van der Waals surface area contributed by atoms with Gasteiger partial charge in [0.2, 0.25) is 5.91 Å². The number of carbonyl (C=O) groups excluding carboxylic acids is 1. The van der Waals surface area contributed by atoms with E-state index >= 15 is 0 Å². The van der Waals surface area contributed by atoms with Crippen LogP contribution in [-0.4, -0.2) is 17.4 Å². The van der Waals surface area contributed by atoms with E-state index in [1.807, 2.05) is 30.3 Å². The zero-order chi connectivity index (χ0) is 13.5. The molecule has 1 heterocycles. The second-order valence-corrected chi connectivity index (χ2v) is 4.29. The van der Waals surface area contributed by atoms with Crippen LogP contribution in [0.5, 0.6) is 0 Å². The topological polar surface area (TPSA) is 68.0 Å². The van der Waals surface area contributed by atoms with Gasteiger partial charge in [-0.05, 0) is 23.3 Å². The molecule has 2 aromatic rings. The molecule has 3 N–H and O–H groups in total. The van der Waals surface area contributed by atoms with E-state index in [2.05, 4.69) is 22.4 Å². The molecule has 0 saturated carbocycles. The van der Waals surface area contributed by atoms with Crippen molar-refractivity contribution in [1.29, 1.82) is 0 Å². The number of carbonyl (C=O) groups is 1. The molecule has 0 aliphatic heterocycles. The molecule has 1 unspecified atom stereocenters. The van der Waals surface area contributed by atoms with Gasteiger partial charge in [0.15, 0.2) is 0 Å². The first-order chi connectivity index (χ1) is 9.27. The molecule has 0 radical (unpaired) electrons.